The number of piperidine rings is 1. The van der Waals surface area contributed by atoms with Gasteiger partial charge in [0.1, 0.15) is 0 Å². The van der Waals surface area contributed by atoms with Crippen molar-refractivity contribution in [3.63, 3.8) is 0 Å². The molecule has 1 saturated heterocycles. The molecule has 1 fully saturated rings. The normalized spacial score (nSPS) is 20.1. The highest BCUT2D eigenvalue weighted by atomic mass is 19.4. The van der Waals surface area contributed by atoms with Gasteiger partial charge in [-0.25, -0.2) is 0 Å². The van der Waals surface area contributed by atoms with Gasteiger partial charge in [-0.3, -0.25) is 0 Å². The molecule has 1 aliphatic heterocycles. The van der Waals surface area contributed by atoms with Gasteiger partial charge in [-0.05, 0) is 44.0 Å². The monoisotopic (exact) mass is 287 g/mol. The lowest BCUT2D eigenvalue weighted by atomic mass is 9.95. The molecule has 1 heterocycles. The topological polar surface area (TPSA) is 23.5 Å². The van der Waals surface area contributed by atoms with Gasteiger partial charge >= 0.3 is 6.18 Å². The average molecular weight is 287 g/mol. The molecule has 0 radical (unpaired) electrons. The molecular weight excluding hydrogens is 267 g/mol. The lowest BCUT2D eigenvalue weighted by molar-refractivity contribution is -0.185. The highest BCUT2D eigenvalue weighted by Crippen LogP contribution is 2.34. The van der Waals surface area contributed by atoms with E-state index in [1.807, 2.05) is 36.1 Å². The maximum atomic E-state index is 12.6. The largest absolute Gasteiger partial charge is 0.391 e. The van der Waals surface area contributed by atoms with E-state index in [9.17, 15) is 18.3 Å². The Morgan fingerprint density at radius 3 is 2.40 bits per heavy atom. The van der Waals surface area contributed by atoms with E-state index in [0.29, 0.717) is 19.6 Å². The van der Waals surface area contributed by atoms with E-state index in [4.69, 9.17) is 0 Å². The number of hydrogen-bond donors (Lipinski definition) is 1. The Morgan fingerprint density at radius 1 is 1.25 bits per heavy atom. The maximum absolute atomic E-state index is 12.6. The summed E-state index contributed by atoms with van der Waals surface area (Å²) in [4.78, 5) is 1.92. The number of aryl methyl sites for hydroxylation is 1. The van der Waals surface area contributed by atoms with Crippen LogP contribution in [0.2, 0.25) is 0 Å². The zero-order valence-corrected chi connectivity index (χ0v) is 11.5. The minimum absolute atomic E-state index is 0.129. The van der Waals surface area contributed by atoms with Crippen LogP contribution >= 0.6 is 0 Å². The summed E-state index contributed by atoms with van der Waals surface area (Å²) < 4.78 is 37.7. The summed E-state index contributed by atoms with van der Waals surface area (Å²) in [6.07, 6.45) is -4.46. The molecule has 1 aromatic rings. The van der Waals surface area contributed by atoms with Crippen molar-refractivity contribution >= 4 is 0 Å². The number of hydrogen-bond acceptors (Lipinski definition) is 2. The first kappa shape index (κ1) is 15.3. The zero-order valence-electron chi connectivity index (χ0n) is 11.5. The molecule has 1 atom stereocenters. The molecule has 1 aromatic carbocycles. The molecule has 0 spiro atoms. The van der Waals surface area contributed by atoms with E-state index >= 15 is 0 Å². The van der Waals surface area contributed by atoms with Crippen molar-refractivity contribution in [2.75, 3.05) is 19.6 Å². The van der Waals surface area contributed by atoms with E-state index in [-0.39, 0.29) is 12.8 Å². The number of aliphatic hydroxyl groups is 1. The van der Waals surface area contributed by atoms with Crippen LogP contribution < -0.4 is 0 Å². The number of β-amino-alcohol motifs (C(OH)–C–C–N with tert-alkyl or cyclic N) is 1. The second kappa shape index (κ2) is 6.14. The molecule has 0 aromatic heterocycles. The molecule has 20 heavy (non-hydrogen) atoms. The molecule has 0 bridgehead atoms. The Kier molecular flexibility index (Phi) is 4.70. The number of halogens is 3. The summed E-state index contributed by atoms with van der Waals surface area (Å²) in [7, 11) is 0. The summed E-state index contributed by atoms with van der Waals surface area (Å²) in [5.41, 5.74) is 1.86. The molecule has 1 N–H and O–H groups in total. The van der Waals surface area contributed by atoms with Gasteiger partial charge in [0.15, 0.2) is 0 Å². The number of nitrogens with zero attached hydrogens (tertiary/aromatic N) is 1. The molecule has 5 heteroatoms. The van der Waals surface area contributed by atoms with E-state index in [0.717, 1.165) is 11.1 Å². The number of aliphatic hydroxyl groups excluding tert-OH is 1. The number of likely N-dealkylation sites (tertiary alicyclic amines) is 1. The molecule has 0 aliphatic carbocycles. The van der Waals surface area contributed by atoms with Gasteiger partial charge in [-0.15, -0.1) is 0 Å². The summed E-state index contributed by atoms with van der Waals surface area (Å²) in [6, 6.07) is 7.55. The van der Waals surface area contributed by atoms with Gasteiger partial charge in [0.05, 0.1) is 12.0 Å². The second-order valence-electron chi connectivity index (χ2n) is 5.49. The Hall–Kier alpha value is -1.07. The Morgan fingerprint density at radius 2 is 1.85 bits per heavy atom. The summed E-state index contributed by atoms with van der Waals surface area (Å²) in [6.45, 7) is 3.12. The third-order valence-electron chi connectivity index (χ3n) is 4.03. The van der Waals surface area contributed by atoms with Gasteiger partial charge in [-0.1, -0.05) is 24.3 Å². The summed E-state index contributed by atoms with van der Waals surface area (Å²) in [5, 5.41) is 10.2. The fraction of sp³-hybridized carbons (Fsp3) is 0.600. The van der Waals surface area contributed by atoms with Crippen LogP contribution in [-0.4, -0.2) is 35.8 Å². The third-order valence-corrected chi connectivity index (χ3v) is 4.03. The van der Waals surface area contributed by atoms with E-state index < -0.39 is 18.2 Å². The molecule has 112 valence electrons. The van der Waals surface area contributed by atoms with Crippen molar-refractivity contribution in [2.24, 2.45) is 5.92 Å². The molecule has 1 aliphatic rings. The quantitative estimate of drug-likeness (QED) is 0.922. The van der Waals surface area contributed by atoms with Crippen LogP contribution in [0.15, 0.2) is 24.3 Å². The van der Waals surface area contributed by atoms with Crippen LogP contribution in [0.25, 0.3) is 0 Å². The first-order chi connectivity index (χ1) is 9.38. The van der Waals surface area contributed by atoms with Gasteiger partial charge in [0, 0.05) is 6.54 Å². The van der Waals surface area contributed by atoms with E-state index in [1.165, 1.54) is 0 Å². The van der Waals surface area contributed by atoms with Crippen molar-refractivity contribution in [3.05, 3.63) is 35.4 Å². The Balaban J connectivity index is 1.88. The predicted molar refractivity (Wildman–Crippen MR) is 71.4 cm³/mol. The zero-order chi connectivity index (χ0) is 14.8. The predicted octanol–water partition coefficient (Wildman–Crippen LogP) is 3.30. The van der Waals surface area contributed by atoms with Crippen molar-refractivity contribution < 1.29 is 18.3 Å². The number of alkyl halides is 3. The van der Waals surface area contributed by atoms with Gasteiger partial charge in [0.2, 0.25) is 0 Å². The second-order valence-corrected chi connectivity index (χ2v) is 5.49. The molecule has 0 amide bonds. The lowest BCUT2D eigenvalue weighted by Crippen LogP contribution is -2.40. The maximum Gasteiger partial charge on any atom is 0.391 e. The number of benzene rings is 1. The molecule has 1 unspecified atom stereocenters. The van der Waals surface area contributed by atoms with Crippen molar-refractivity contribution in [3.8, 4) is 0 Å². The van der Waals surface area contributed by atoms with Crippen LogP contribution in [0.5, 0.6) is 0 Å². The first-order valence-corrected chi connectivity index (χ1v) is 6.90. The fourth-order valence-corrected chi connectivity index (χ4v) is 2.75. The first-order valence-electron chi connectivity index (χ1n) is 6.90. The standard InChI is InChI=1S/C15H20F3NO/c1-11-4-2-3-5-13(11)14(20)10-19-8-6-12(7-9-19)15(16,17)18/h2-5,12,14,20H,6-10H2,1H3. The van der Waals surface area contributed by atoms with Crippen LogP contribution in [0.3, 0.4) is 0 Å². The fourth-order valence-electron chi connectivity index (χ4n) is 2.75. The molecular formula is C15H20F3NO. The average Bonchev–Trinajstić information content (AvgIpc) is 2.38. The van der Waals surface area contributed by atoms with Crippen molar-refractivity contribution in [1.82, 2.24) is 4.90 Å². The van der Waals surface area contributed by atoms with Gasteiger partial charge < -0.3 is 10.0 Å². The van der Waals surface area contributed by atoms with Crippen molar-refractivity contribution in [1.29, 1.82) is 0 Å². The Bertz CT molecular complexity index is 439. The molecule has 2 nitrogen and oxygen atoms in total. The summed E-state index contributed by atoms with van der Waals surface area (Å²) >= 11 is 0. The van der Waals surface area contributed by atoms with Crippen molar-refractivity contribution in [2.45, 2.75) is 32.0 Å². The van der Waals surface area contributed by atoms with Crippen LogP contribution in [0.4, 0.5) is 13.2 Å². The van der Waals surface area contributed by atoms with E-state index in [1.54, 1.807) is 0 Å². The SMILES string of the molecule is Cc1ccccc1C(O)CN1CCC(C(F)(F)F)CC1. The highest BCUT2D eigenvalue weighted by molar-refractivity contribution is 5.27. The number of rotatable bonds is 3. The Labute approximate surface area is 117 Å². The molecule has 0 saturated carbocycles. The van der Waals surface area contributed by atoms with Crippen LogP contribution in [0.1, 0.15) is 30.1 Å². The van der Waals surface area contributed by atoms with Crippen LogP contribution in [0, 0.1) is 12.8 Å². The van der Waals surface area contributed by atoms with Gasteiger partial charge in [-0.2, -0.15) is 13.2 Å². The third kappa shape index (κ3) is 3.73. The summed E-state index contributed by atoms with van der Waals surface area (Å²) in [5.74, 6) is -1.19. The van der Waals surface area contributed by atoms with E-state index in [2.05, 4.69) is 0 Å². The smallest absolute Gasteiger partial charge is 0.387 e. The lowest BCUT2D eigenvalue weighted by Gasteiger charge is -2.34. The molecule has 2 rings (SSSR count). The van der Waals surface area contributed by atoms with Gasteiger partial charge in [0.25, 0.3) is 0 Å². The highest BCUT2D eigenvalue weighted by Gasteiger charge is 2.41. The minimum Gasteiger partial charge on any atom is -0.387 e. The minimum atomic E-state index is -4.08. The van der Waals surface area contributed by atoms with Crippen LogP contribution in [-0.2, 0) is 0 Å².